The highest BCUT2D eigenvalue weighted by Gasteiger charge is 2.17. The van der Waals surface area contributed by atoms with Crippen LogP contribution in [0.25, 0.3) is 10.9 Å². The Kier molecular flexibility index (Phi) is 8.50. The fourth-order valence-electron chi connectivity index (χ4n) is 3.44. The molecule has 0 aliphatic carbocycles. The van der Waals surface area contributed by atoms with Gasteiger partial charge in [-0.15, -0.1) is 0 Å². The van der Waals surface area contributed by atoms with Gasteiger partial charge in [0, 0.05) is 23.7 Å². The average Bonchev–Trinajstić information content (AvgIpc) is 2.79. The smallest absolute Gasteiger partial charge is 0.262 e. The minimum Gasteiger partial charge on any atom is -0.494 e. The summed E-state index contributed by atoms with van der Waals surface area (Å²) in [4.78, 5) is 43.2. The normalized spacial score (nSPS) is 11.3. The SMILES string of the molecule is CCOc1ccc(C(=O)CSc2nc3cc(C(=O)NC(C)C)ccc3c(=O)n2CC(C)C)cc1. The quantitative estimate of drug-likeness (QED) is 0.259. The molecule has 0 saturated carbocycles. The van der Waals surface area contributed by atoms with Gasteiger partial charge in [0.2, 0.25) is 0 Å². The number of fused-ring (bicyclic) bond motifs is 1. The van der Waals surface area contributed by atoms with Crippen LogP contribution in [0.1, 0.15) is 55.3 Å². The third-order valence-electron chi connectivity index (χ3n) is 4.97. The Morgan fingerprint density at radius 1 is 1.06 bits per heavy atom. The number of hydrogen-bond acceptors (Lipinski definition) is 6. The summed E-state index contributed by atoms with van der Waals surface area (Å²) >= 11 is 1.23. The zero-order valence-corrected chi connectivity index (χ0v) is 21.1. The Balaban J connectivity index is 1.92. The summed E-state index contributed by atoms with van der Waals surface area (Å²) in [6.07, 6.45) is 0. The number of rotatable bonds is 10. The predicted octanol–water partition coefficient (Wildman–Crippen LogP) is 4.56. The van der Waals surface area contributed by atoms with E-state index in [1.807, 2.05) is 34.6 Å². The van der Waals surface area contributed by atoms with Crippen LogP contribution < -0.4 is 15.6 Å². The summed E-state index contributed by atoms with van der Waals surface area (Å²) < 4.78 is 7.05. The molecule has 0 unspecified atom stereocenters. The molecule has 1 heterocycles. The van der Waals surface area contributed by atoms with Crippen molar-refractivity contribution in [3.8, 4) is 5.75 Å². The molecule has 7 nitrogen and oxygen atoms in total. The van der Waals surface area contributed by atoms with E-state index in [0.29, 0.717) is 46.1 Å². The second kappa shape index (κ2) is 11.3. The highest BCUT2D eigenvalue weighted by Crippen LogP contribution is 2.22. The highest BCUT2D eigenvalue weighted by molar-refractivity contribution is 7.99. The number of benzene rings is 2. The van der Waals surface area contributed by atoms with Gasteiger partial charge in [-0.2, -0.15) is 0 Å². The maximum Gasteiger partial charge on any atom is 0.262 e. The molecule has 8 heteroatoms. The van der Waals surface area contributed by atoms with E-state index in [1.54, 1.807) is 47.0 Å². The molecule has 180 valence electrons. The van der Waals surface area contributed by atoms with E-state index >= 15 is 0 Å². The van der Waals surface area contributed by atoms with Gasteiger partial charge in [0.05, 0.1) is 23.3 Å². The van der Waals surface area contributed by atoms with E-state index in [0.717, 1.165) is 0 Å². The van der Waals surface area contributed by atoms with Gasteiger partial charge in [0.1, 0.15) is 5.75 Å². The first-order valence-corrected chi connectivity index (χ1v) is 12.4. The minimum atomic E-state index is -0.218. The number of nitrogens with zero attached hydrogens (tertiary/aromatic N) is 2. The molecular weight excluding hydrogens is 450 g/mol. The van der Waals surface area contributed by atoms with Gasteiger partial charge >= 0.3 is 0 Å². The van der Waals surface area contributed by atoms with Crippen molar-refractivity contribution in [2.24, 2.45) is 5.92 Å². The Bertz CT molecular complexity index is 1230. The second-order valence-electron chi connectivity index (χ2n) is 8.73. The van der Waals surface area contributed by atoms with Crippen LogP contribution in [0.4, 0.5) is 0 Å². The van der Waals surface area contributed by atoms with Crippen LogP contribution in [0.15, 0.2) is 52.4 Å². The molecular formula is C26H31N3O4S. The zero-order chi connectivity index (χ0) is 24.8. The number of nitrogens with one attached hydrogen (secondary N) is 1. The van der Waals surface area contributed by atoms with Gasteiger partial charge in [-0.05, 0) is 69.2 Å². The molecule has 0 radical (unpaired) electrons. The lowest BCUT2D eigenvalue weighted by Crippen LogP contribution is -2.30. The lowest BCUT2D eigenvalue weighted by Gasteiger charge is -2.15. The van der Waals surface area contributed by atoms with Crippen molar-refractivity contribution < 1.29 is 14.3 Å². The average molecular weight is 482 g/mol. The maximum absolute atomic E-state index is 13.3. The summed E-state index contributed by atoms with van der Waals surface area (Å²) in [5.74, 6) is 0.783. The maximum atomic E-state index is 13.3. The third kappa shape index (κ3) is 6.26. The van der Waals surface area contributed by atoms with Crippen molar-refractivity contribution in [2.75, 3.05) is 12.4 Å². The molecule has 0 atom stereocenters. The van der Waals surface area contributed by atoms with E-state index in [-0.39, 0.29) is 35.0 Å². The molecule has 1 amide bonds. The Hall–Kier alpha value is -3.13. The zero-order valence-electron chi connectivity index (χ0n) is 20.3. The highest BCUT2D eigenvalue weighted by atomic mass is 32.2. The van der Waals surface area contributed by atoms with Crippen molar-refractivity contribution in [1.82, 2.24) is 14.9 Å². The molecule has 0 aliphatic heterocycles. The summed E-state index contributed by atoms with van der Waals surface area (Å²) in [7, 11) is 0. The van der Waals surface area contributed by atoms with Crippen LogP contribution in [-0.2, 0) is 6.54 Å². The van der Waals surface area contributed by atoms with Crippen LogP contribution in [0.3, 0.4) is 0 Å². The minimum absolute atomic E-state index is 0.00470. The fourth-order valence-corrected chi connectivity index (χ4v) is 4.34. The largest absolute Gasteiger partial charge is 0.494 e. The van der Waals surface area contributed by atoms with Gasteiger partial charge in [0.15, 0.2) is 10.9 Å². The fraction of sp³-hybridized carbons (Fsp3) is 0.385. The molecule has 0 aliphatic rings. The first-order chi connectivity index (χ1) is 16.2. The summed E-state index contributed by atoms with van der Waals surface area (Å²) in [5.41, 5.74) is 1.28. The van der Waals surface area contributed by atoms with Crippen molar-refractivity contribution in [3.05, 3.63) is 63.9 Å². The summed E-state index contributed by atoms with van der Waals surface area (Å²) in [5, 5.41) is 3.76. The molecule has 34 heavy (non-hydrogen) atoms. The van der Waals surface area contributed by atoms with Crippen LogP contribution in [-0.4, -0.2) is 39.6 Å². The van der Waals surface area contributed by atoms with Crippen molar-refractivity contribution in [3.63, 3.8) is 0 Å². The number of amides is 1. The monoisotopic (exact) mass is 481 g/mol. The molecule has 3 aromatic rings. The molecule has 0 bridgehead atoms. The van der Waals surface area contributed by atoms with E-state index in [2.05, 4.69) is 10.3 Å². The van der Waals surface area contributed by atoms with Gasteiger partial charge in [0.25, 0.3) is 11.5 Å². The van der Waals surface area contributed by atoms with Gasteiger partial charge in [-0.25, -0.2) is 4.98 Å². The van der Waals surface area contributed by atoms with Crippen molar-refractivity contribution >= 4 is 34.4 Å². The molecule has 1 aromatic heterocycles. The standard InChI is InChI=1S/C26H31N3O4S/c1-6-33-20-10-7-18(8-11-20)23(30)15-34-26-28-22-13-19(24(31)27-17(4)5)9-12-21(22)25(32)29(26)14-16(2)3/h7-13,16-17H,6,14-15H2,1-5H3,(H,27,31). The number of hydrogen-bond donors (Lipinski definition) is 1. The lowest BCUT2D eigenvalue weighted by atomic mass is 10.1. The number of carbonyl (C=O) groups is 2. The molecule has 2 aromatic carbocycles. The molecule has 0 saturated heterocycles. The number of ketones is 1. The third-order valence-corrected chi connectivity index (χ3v) is 5.95. The lowest BCUT2D eigenvalue weighted by molar-refractivity contribution is 0.0942. The van der Waals surface area contributed by atoms with Crippen LogP contribution in [0.2, 0.25) is 0 Å². The topological polar surface area (TPSA) is 90.3 Å². The van der Waals surface area contributed by atoms with Crippen molar-refractivity contribution in [2.45, 2.75) is 52.4 Å². The predicted molar refractivity (Wildman–Crippen MR) is 136 cm³/mol. The van der Waals surface area contributed by atoms with Gasteiger partial charge in [-0.1, -0.05) is 25.6 Å². The molecule has 0 spiro atoms. The van der Waals surface area contributed by atoms with Crippen LogP contribution in [0, 0.1) is 5.92 Å². The van der Waals surface area contributed by atoms with Crippen molar-refractivity contribution in [1.29, 1.82) is 0 Å². The summed E-state index contributed by atoms with van der Waals surface area (Å²) in [6, 6.07) is 11.9. The van der Waals surface area contributed by atoms with E-state index < -0.39 is 0 Å². The van der Waals surface area contributed by atoms with E-state index in [1.165, 1.54) is 11.8 Å². The van der Waals surface area contributed by atoms with E-state index in [4.69, 9.17) is 4.74 Å². The second-order valence-corrected chi connectivity index (χ2v) is 9.68. The number of carbonyl (C=O) groups excluding carboxylic acids is 2. The molecule has 3 rings (SSSR count). The molecule has 1 N–H and O–H groups in total. The van der Waals surface area contributed by atoms with Crippen LogP contribution >= 0.6 is 11.8 Å². The van der Waals surface area contributed by atoms with E-state index in [9.17, 15) is 14.4 Å². The molecule has 0 fully saturated rings. The number of aromatic nitrogens is 2. The number of thioether (sulfide) groups is 1. The number of ether oxygens (including phenoxy) is 1. The summed E-state index contributed by atoms with van der Waals surface area (Å²) in [6.45, 7) is 10.8. The van der Waals surface area contributed by atoms with Gasteiger partial charge < -0.3 is 10.1 Å². The Morgan fingerprint density at radius 3 is 2.35 bits per heavy atom. The first-order valence-electron chi connectivity index (χ1n) is 11.4. The Labute approximate surface area is 203 Å². The van der Waals surface area contributed by atoms with Gasteiger partial charge in [-0.3, -0.25) is 19.0 Å². The Morgan fingerprint density at radius 2 is 1.74 bits per heavy atom. The van der Waals surface area contributed by atoms with Crippen LogP contribution in [0.5, 0.6) is 5.75 Å². The number of Topliss-reactive ketones (excluding diaryl/α,β-unsaturated/α-hetero) is 1. The first kappa shape index (κ1) is 25.5.